The SMILES string of the molecule is CC(Cc1ccc(Cl)cc1)C(=O)C1C(=O)OC(C)(C)OC1=O.CC(Cc1ccc(Cl)cc1)C(=O)O.CC1(C)OC(=O)CC(=O)O1. The predicted octanol–water partition coefficient (Wildman–Crippen LogP) is 5.36. The molecule has 13 heteroatoms. The number of aliphatic carboxylic acids is 1. The van der Waals surface area contributed by atoms with Crippen LogP contribution >= 0.6 is 23.2 Å². The number of ether oxygens (including phenoxy) is 4. The minimum atomic E-state index is -1.50. The number of benzene rings is 2. The first-order valence-corrected chi connectivity index (χ1v) is 14.7. The summed E-state index contributed by atoms with van der Waals surface area (Å²) < 4.78 is 19.3. The molecule has 0 aliphatic carbocycles. The summed E-state index contributed by atoms with van der Waals surface area (Å²) in [5, 5.41) is 9.95. The maximum Gasteiger partial charge on any atom is 0.331 e. The molecule has 2 aromatic carbocycles. The molecule has 2 unspecified atom stereocenters. The van der Waals surface area contributed by atoms with Gasteiger partial charge in [-0.15, -0.1) is 0 Å². The number of hydrogen-bond acceptors (Lipinski definition) is 10. The molecular formula is C32H36Cl2O11. The van der Waals surface area contributed by atoms with Gasteiger partial charge >= 0.3 is 29.8 Å². The molecule has 2 aromatic rings. The van der Waals surface area contributed by atoms with Gasteiger partial charge in [0.2, 0.25) is 5.92 Å². The van der Waals surface area contributed by atoms with Crippen LogP contribution in [0, 0.1) is 17.8 Å². The maximum atomic E-state index is 12.4. The molecule has 0 radical (unpaired) electrons. The van der Waals surface area contributed by atoms with Crippen LogP contribution in [0.5, 0.6) is 0 Å². The van der Waals surface area contributed by atoms with Crippen LogP contribution in [0.15, 0.2) is 48.5 Å². The van der Waals surface area contributed by atoms with Crippen LogP contribution in [-0.4, -0.2) is 52.3 Å². The number of Topliss-reactive ketones (excluding diaryl/α,β-unsaturated/α-hetero) is 1. The molecule has 2 atom stereocenters. The monoisotopic (exact) mass is 666 g/mol. The summed E-state index contributed by atoms with van der Waals surface area (Å²) in [6, 6.07) is 14.3. The summed E-state index contributed by atoms with van der Waals surface area (Å²) >= 11 is 11.5. The molecule has 11 nitrogen and oxygen atoms in total. The summed E-state index contributed by atoms with van der Waals surface area (Å²) in [5.74, 6) is -8.80. The third-order valence-electron chi connectivity index (χ3n) is 6.27. The fraction of sp³-hybridized carbons (Fsp3) is 0.438. The number of hydrogen-bond donors (Lipinski definition) is 1. The summed E-state index contributed by atoms with van der Waals surface area (Å²) in [5.41, 5.74) is 1.89. The molecule has 244 valence electrons. The Labute approximate surface area is 271 Å². The molecule has 0 aromatic heterocycles. The smallest absolute Gasteiger partial charge is 0.331 e. The van der Waals surface area contributed by atoms with E-state index in [0.29, 0.717) is 22.9 Å². The van der Waals surface area contributed by atoms with E-state index in [-0.39, 0.29) is 12.3 Å². The van der Waals surface area contributed by atoms with Crippen LogP contribution in [0.4, 0.5) is 0 Å². The van der Waals surface area contributed by atoms with Gasteiger partial charge in [0.15, 0.2) is 5.78 Å². The minimum Gasteiger partial charge on any atom is -0.481 e. The minimum absolute atomic E-state index is 0.274. The molecule has 0 spiro atoms. The van der Waals surface area contributed by atoms with Gasteiger partial charge in [0.1, 0.15) is 6.42 Å². The van der Waals surface area contributed by atoms with Crippen molar-refractivity contribution in [3.8, 4) is 0 Å². The normalized spacial score (nSPS) is 18.2. The van der Waals surface area contributed by atoms with Crippen molar-refractivity contribution in [1.29, 1.82) is 0 Å². The summed E-state index contributed by atoms with van der Waals surface area (Å²) in [7, 11) is 0. The first-order valence-electron chi connectivity index (χ1n) is 13.9. The molecule has 0 bridgehead atoms. The van der Waals surface area contributed by atoms with Gasteiger partial charge in [-0.3, -0.25) is 28.8 Å². The molecule has 45 heavy (non-hydrogen) atoms. The van der Waals surface area contributed by atoms with Gasteiger partial charge in [-0.25, -0.2) is 0 Å². The second kappa shape index (κ2) is 15.9. The van der Waals surface area contributed by atoms with Crippen molar-refractivity contribution in [3.63, 3.8) is 0 Å². The van der Waals surface area contributed by atoms with Crippen LogP contribution in [0.2, 0.25) is 10.0 Å². The summed E-state index contributed by atoms with van der Waals surface area (Å²) in [6.45, 7) is 9.28. The standard InChI is InChI=1S/C16H17ClO5.C10H11ClO2.C6H8O4/c1-9(8-10-4-6-11(17)7-5-10)13(18)12-14(19)21-16(2,3)22-15(12)20;1-7(10(12)13)6-8-2-4-9(11)5-3-8;1-6(2)9-4(7)3-5(8)10-6/h4-7,9,12H,8H2,1-3H3;2-5,7H,6H2,1H3,(H,12,13);3H2,1-2H3. The molecule has 2 aliphatic heterocycles. The Hall–Kier alpha value is -3.96. The van der Waals surface area contributed by atoms with Gasteiger partial charge in [-0.2, -0.15) is 0 Å². The van der Waals surface area contributed by atoms with E-state index < -0.39 is 59.0 Å². The summed E-state index contributed by atoms with van der Waals surface area (Å²) in [4.78, 5) is 67.9. The average molecular weight is 668 g/mol. The van der Waals surface area contributed by atoms with E-state index in [1.54, 1.807) is 50.2 Å². The highest BCUT2D eigenvalue weighted by Gasteiger charge is 2.48. The molecule has 1 N–H and O–H groups in total. The number of esters is 4. The zero-order chi connectivity index (χ0) is 34.1. The van der Waals surface area contributed by atoms with Crippen molar-refractivity contribution < 1.29 is 52.8 Å². The van der Waals surface area contributed by atoms with Crippen molar-refractivity contribution in [3.05, 3.63) is 69.7 Å². The lowest BCUT2D eigenvalue weighted by molar-refractivity contribution is -0.239. The lowest BCUT2D eigenvalue weighted by atomic mass is 9.88. The van der Waals surface area contributed by atoms with Crippen molar-refractivity contribution >= 4 is 58.8 Å². The zero-order valence-electron chi connectivity index (χ0n) is 25.8. The van der Waals surface area contributed by atoms with E-state index in [4.69, 9.17) is 37.8 Å². The lowest BCUT2D eigenvalue weighted by Crippen LogP contribution is -2.50. The van der Waals surface area contributed by atoms with Crippen LogP contribution in [-0.2, 0) is 60.6 Å². The average Bonchev–Trinajstić information content (AvgIpc) is 2.89. The number of halogens is 2. The third kappa shape index (κ3) is 12.5. The van der Waals surface area contributed by atoms with Gasteiger partial charge in [-0.05, 0) is 48.2 Å². The predicted molar refractivity (Wildman–Crippen MR) is 162 cm³/mol. The third-order valence-corrected chi connectivity index (χ3v) is 6.78. The van der Waals surface area contributed by atoms with Crippen molar-refractivity contribution in [1.82, 2.24) is 0 Å². The second-order valence-corrected chi connectivity index (χ2v) is 12.3. The fourth-order valence-electron chi connectivity index (χ4n) is 4.13. The highest BCUT2D eigenvalue weighted by atomic mass is 35.5. The topological polar surface area (TPSA) is 160 Å². The van der Waals surface area contributed by atoms with E-state index >= 15 is 0 Å². The van der Waals surface area contributed by atoms with Gasteiger partial charge in [0.05, 0.1) is 5.92 Å². The first kappa shape index (κ1) is 37.2. The van der Waals surface area contributed by atoms with E-state index in [1.807, 2.05) is 12.1 Å². The molecule has 2 heterocycles. The lowest BCUT2D eigenvalue weighted by Gasteiger charge is -2.33. The molecular weight excluding hydrogens is 631 g/mol. The Morgan fingerprint density at radius 2 is 1.07 bits per heavy atom. The Kier molecular flexibility index (Phi) is 13.1. The van der Waals surface area contributed by atoms with Gasteiger partial charge in [0.25, 0.3) is 11.6 Å². The fourth-order valence-corrected chi connectivity index (χ4v) is 4.38. The Morgan fingerprint density at radius 1 is 0.711 bits per heavy atom. The molecule has 2 saturated heterocycles. The number of carboxylic acids is 1. The van der Waals surface area contributed by atoms with Crippen LogP contribution in [0.25, 0.3) is 0 Å². The van der Waals surface area contributed by atoms with Crippen LogP contribution in [0.1, 0.15) is 59.1 Å². The quantitative estimate of drug-likeness (QED) is 0.299. The van der Waals surface area contributed by atoms with Gasteiger partial charge in [0, 0.05) is 43.7 Å². The number of ketones is 1. The largest absolute Gasteiger partial charge is 0.481 e. The van der Waals surface area contributed by atoms with E-state index in [1.165, 1.54) is 27.7 Å². The summed E-state index contributed by atoms with van der Waals surface area (Å²) in [6.07, 6.45) is 0.673. The highest BCUT2D eigenvalue weighted by molar-refractivity contribution is 6.30. The van der Waals surface area contributed by atoms with Crippen molar-refractivity contribution in [2.45, 2.75) is 72.4 Å². The Balaban J connectivity index is 0.000000259. The highest BCUT2D eigenvalue weighted by Crippen LogP contribution is 2.26. The molecule has 0 saturated carbocycles. The van der Waals surface area contributed by atoms with E-state index in [2.05, 4.69) is 9.47 Å². The Bertz CT molecular complexity index is 1360. The zero-order valence-corrected chi connectivity index (χ0v) is 27.3. The molecule has 2 fully saturated rings. The van der Waals surface area contributed by atoms with Crippen LogP contribution in [0.3, 0.4) is 0 Å². The van der Waals surface area contributed by atoms with Crippen molar-refractivity contribution in [2.75, 3.05) is 0 Å². The number of rotatable bonds is 7. The number of carbonyl (C=O) groups excluding carboxylic acids is 5. The maximum absolute atomic E-state index is 12.4. The molecule has 2 aliphatic rings. The second-order valence-electron chi connectivity index (χ2n) is 11.4. The van der Waals surface area contributed by atoms with E-state index in [0.717, 1.165) is 11.1 Å². The number of carboxylic acid groups (broad SMARTS) is 1. The van der Waals surface area contributed by atoms with E-state index in [9.17, 15) is 28.8 Å². The number of carbonyl (C=O) groups is 6. The van der Waals surface area contributed by atoms with Crippen molar-refractivity contribution in [2.24, 2.45) is 17.8 Å². The van der Waals surface area contributed by atoms with Gasteiger partial charge in [-0.1, -0.05) is 61.3 Å². The molecule has 0 amide bonds. The van der Waals surface area contributed by atoms with Crippen LogP contribution < -0.4 is 0 Å². The number of cyclic esters (lactones) is 4. The van der Waals surface area contributed by atoms with Gasteiger partial charge < -0.3 is 24.1 Å². The Morgan fingerprint density at radius 3 is 1.42 bits per heavy atom. The molecule has 4 rings (SSSR count). The first-order chi connectivity index (χ1) is 20.8.